The molecule has 0 unspecified atom stereocenters. The van der Waals surface area contributed by atoms with Crippen LogP contribution in [0.15, 0.2) is 18.2 Å². The number of para-hydroxylation sites is 1. The molecule has 0 bridgehead atoms. The van der Waals surface area contributed by atoms with Crippen molar-refractivity contribution >= 4 is 17.1 Å². The van der Waals surface area contributed by atoms with Crippen molar-refractivity contribution in [3.05, 3.63) is 28.3 Å². The molecule has 0 amide bonds. The molecule has 1 aliphatic rings. The minimum absolute atomic E-state index is 0.0253. The molecule has 0 aromatic heterocycles. The summed E-state index contributed by atoms with van der Waals surface area (Å²) in [5.41, 5.74) is 6.36. The first kappa shape index (κ1) is 13.6. The number of aliphatic hydroxyl groups excluding tert-OH is 1. The molecule has 19 heavy (non-hydrogen) atoms. The second kappa shape index (κ2) is 5.88. The molecule has 6 heteroatoms. The van der Waals surface area contributed by atoms with E-state index in [1.807, 2.05) is 4.90 Å². The first-order valence-electron chi connectivity index (χ1n) is 6.55. The van der Waals surface area contributed by atoms with E-state index in [2.05, 4.69) is 0 Å². The molecule has 1 fully saturated rings. The topological polar surface area (TPSA) is 92.6 Å². The molecule has 1 aromatic carbocycles. The number of aliphatic hydroxyl groups is 1. The number of hydrogen-bond acceptors (Lipinski definition) is 5. The van der Waals surface area contributed by atoms with Crippen molar-refractivity contribution in [3.63, 3.8) is 0 Å². The SMILES string of the molecule is Nc1cccc(N(CCO)C2CCCC2)c1[N+](=O)[O-]. The van der Waals surface area contributed by atoms with Gasteiger partial charge in [0, 0.05) is 12.6 Å². The van der Waals surface area contributed by atoms with E-state index in [1.54, 1.807) is 12.1 Å². The third-order valence-electron chi connectivity index (χ3n) is 3.64. The normalized spacial score (nSPS) is 15.6. The van der Waals surface area contributed by atoms with Gasteiger partial charge in [0.05, 0.1) is 11.5 Å². The molecular formula is C13H19N3O3. The largest absolute Gasteiger partial charge is 0.395 e. The lowest BCUT2D eigenvalue weighted by molar-refractivity contribution is -0.383. The van der Waals surface area contributed by atoms with Crippen LogP contribution in [-0.2, 0) is 0 Å². The van der Waals surface area contributed by atoms with Gasteiger partial charge in [0.2, 0.25) is 0 Å². The van der Waals surface area contributed by atoms with Crippen molar-refractivity contribution in [1.29, 1.82) is 0 Å². The molecule has 1 saturated carbocycles. The number of nitrogens with two attached hydrogens (primary N) is 1. The van der Waals surface area contributed by atoms with Gasteiger partial charge in [-0.25, -0.2) is 0 Å². The number of benzene rings is 1. The zero-order valence-electron chi connectivity index (χ0n) is 10.8. The lowest BCUT2D eigenvalue weighted by Crippen LogP contribution is -2.36. The molecule has 1 aliphatic carbocycles. The molecular weight excluding hydrogens is 246 g/mol. The zero-order chi connectivity index (χ0) is 13.8. The zero-order valence-corrected chi connectivity index (χ0v) is 10.8. The average Bonchev–Trinajstić information content (AvgIpc) is 2.88. The summed E-state index contributed by atoms with van der Waals surface area (Å²) in [6.45, 7) is 0.372. The highest BCUT2D eigenvalue weighted by Crippen LogP contribution is 2.37. The summed E-state index contributed by atoms with van der Waals surface area (Å²) >= 11 is 0. The van der Waals surface area contributed by atoms with E-state index in [0.29, 0.717) is 12.2 Å². The molecule has 1 aromatic rings. The summed E-state index contributed by atoms with van der Waals surface area (Å²) in [6, 6.07) is 5.22. The number of anilines is 2. The highest BCUT2D eigenvalue weighted by molar-refractivity contribution is 5.75. The molecule has 0 atom stereocenters. The van der Waals surface area contributed by atoms with Crippen LogP contribution in [0.1, 0.15) is 25.7 Å². The van der Waals surface area contributed by atoms with Crippen LogP contribution in [0, 0.1) is 10.1 Å². The van der Waals surface area contributed by atoms with Gasteiger partial charge in [-0.2, -0.15) is 0 Å². The van der Waals surface area contributed by atoms with Crippen LogP contribution < -0.4 is 10.6 Å². The Kier molecular flexibility index (Phi) is 4.21. The third-order valence-corrected chi connectivity index (χ3v) is 3.64. The molecule has 6 nitrogen and oxygen atoms in total. The van der Waals surface area contributed by atoms with Crippen molar-refractivity contribution in [2.24, 2.45) is 0 Å². The quantitative estimate of drug-likeness (QED) is 0.482. The summed E-state index contributed by atoms with van der Waals surface area (Å²) in [5, 5.41) is 20.4. The molecule has 0 saturated heterocycles. The van der Waals surface area contributed by atoms with E-state index in [1.165, 1.54) is 6.07 Å². The van der Waals surface area contributed by atoms with Crippen molar-refractivity contribution in [3.8, 4) is 0 Å². The molecule has 3 N–H and O–H groups in total. The number of nitro groups is 1. The van der Waals surface area contributed by atoms with E-state index in [-0.39, 0.29) is 24.0 Å². The lowest BCUT2D eigenvalue weighted by Gasteiger charge is -2.30. The minimum atomic E-state index is -0.440. The van der Waals surface area contributed by atoms with Crippen molar-refractivity contribution in [1.82, 2.24) is 0 Å². The first-order chi connectivity index (χ1) is 9.15. The van der Waals surface area contributed by atoms with E-state index in [0.717, 1.165) is 25.7 Å². The Morgan fingerprint density at radius 1 is 1.42 bits per heavy atom. The van der Waals surface area contributed by atoms with Crippen LogP contribution >= 0.6 is 0 Å². The predicted molar refractivity (Wildman–Crippen MR) is 74.2 cm³/mol. The monoisotopic (exact) mass is 265 g/mol. The predicted octanol–water partition coefficient (Wildman–Crippen LogP) is 1.92. The van der Waals surface area contributed by atoms with Crippen LogP contribution in [-0.4, -0.2) is 29.2 Å². The number of nitro benzene ring substituents is 1. The van der Waals surface area contributed by atoms with Gasteiger partial charge in [0.15, 0.2) is 0 Å². The van der Waals surface area contributed by atoms with Gasteiger partial charge in [-0.05, 0) is 25.0 Å². The van der Waals surface area contributed by atoms with Crippen molar-refractivity contribution in [2.45, 2.75) is 31.7 Å². The van der Waals surface area contributed by atoms with E-state index >= 15 is 0 Å². The van der Waals surface area contributed by atoms with Crippen LogP contribution in [0.25, 0.3) is 0 Å². The molecule has 2 rings (SSSR count). The fraction of sp³-hybridized carbons (Fsp3) is 0.538. The Hall–Kier alpha value is -1.82. The minimum Gasteiger partial charge on any atom is -0.395 e. The molecule has 0 radical (unpaired) electrons. The second-order valence-corrected chi connectivity index (χ2v) is 4.83. The molecule has 104 valence electrons. The number of nitrogens with zero attached hydrogens (tertiary/aromatic N) is 2. The van der Waals surface area contributed by atoms with Gasteiger partial charge in [-0.15, -0.1) is 0 Å². The summed E-state index contributed by atoms with van der Waals surface area (Å²) < 4.78 is 0. The maximum atomic E-state index is 11.2. The van der Waals surface area contributed by atoms with Crippen LogP contribution in [0.4, 0.5) is 17.1 Å². The maximum Gasteiger partial charge on any atom is 0.315 e. The summed E-state index contributed by atoms with van der Waals surface area (Å²) in [5.74, 6) is 0. The fourth-order valence-electron chi connectivity index (χ4n) is 2.80. The first-order valence-corrected chi connectivity index (χ1v) is 6.55. The summed E-state index contributed by atoms with van der Waals surface area (Å²) in [4.78, 5) is 12.7. The van der Waals surface area contributed by atoms with Crippen molar-refractivity contribution < 1.29 is 10.0 Å². The molecule has 0 aliphatic heterocycles. The third kappa shape index (κ3) is 2.78. The lowest BCUT2D eigenvalue weighted by atomic mass is 10.1. The van der Waals surface area contributed by atoms with Gasteiger partial charge >= 0.3 is 5.69 Å². The Balaban J connectivity index is 2.40. The maximum absolute atomic E-state index is 11.2. The Morgan fingerprint density at radius 2 is 2.11 bits per heavy atom. The van der Waals surface area contributed by atoms with Gasteiger partial charge in [0.25, 0.3) is 0 Å². The standard InChI is InChI=1S/C13H19N3O3/c14-11-6-3-7-12(13(11)16(18)19)15(8-9-17)10-4-1-2-5-10/h3,6-7,10,17H,1-2,4-5,8-9,14H2. The highest BCUT2D eigenvalue weighted by Gasteiger charge is 2.28. The number of nitrogen functional groups attached to an aromatic ring is 1. The average molecular weight is 265 g/mol. The van der Waals surface area contributed by atoms with Gasteiger partial charge in [0.1, 0.15) is 11.4 Å². The van der Waals surface area contributed by atoms with Crippen LogP contribution in [0.3, 0.4) is 0 Å². The van der Waals surface area contributed by atoms with E-state index < -0.39 is 4.92 Å². The van der Waals surface area contributed by atoms with E-state index in [4.69, 9.17) is 5.73 Å². The Bertz CT molecular complexity index is 458. The number of hydrogen-bond donors (Lipinski definition) is 2. The number of rotatable bonds is 5. The summed E-state index contributed by atoms with van der Waals surface area (Å²) in [7, 11) is 0. The van der Waals surface area contributed by atoms with E-state index in [9.17, 15) is 15.2 Å². The summed E-state index contributed by atoms with van der Waals surface area (Å²) in [6.07, 6.45) is 4.27. The van der Waals surface area contributed by atoms with Gasteiger partial charge in [-0.1, -0.05) is 18.9 Å². The smallest absolute Gasteiger partial charge is 0.315 e. The molecule has 0 spiro atoms. The Morgan fingerprint density at radius 3 is 2.68 bits per heavy atom. The van der Waals surface area contributed by atoms with Gasteiger partial charge < -0.3 is 15.7 Å². The van der Waals surface area contributed by atoms with Crippen LogP contribution in [0.5, 0.6) is 0 Å². The fourth-order valence-corrected chi connectivity index (χ4v) is 2.80. The van der Waals surface area contributed by atoms with Crippen LogP contribution in [0.2, 0.25) is 0 Å². The highest BCUT2D eigenvalue weighted by atomic mass is 16.6. The van der Waals surface area contributed by atoms with Crippen molar-refractivity contribution in [2.75, 3.05) is 23.8 Å². The second-order valence-electron chi connectivity index (χ2n) is 4.83. The molecule has 0 heterocycles. The Labute approximate surface area is 112 Å². The van der Waals surface area contributed by atoms with Gasteiger partial charge in [-0.3, -0.25) is 10.1 Å².